The molecule has 2 aromatic rings. The van der Waals surface area contributed by atoms with Gasteiger partial charge >= 0.3 is 0 Å². The van der Waals surface area contributed by atoms with Crippen molar-refractivity contribution >= 4 is 11.8 Å². The van der Waals surface area contributed by atoms with E-state index in [1.807, 2.05) is 49.7 Å². The van der Waals surface area contributed by atoms with Crippen LogP contribution < -0.4 is 10.1 Å². The molecular weight excluding hydrogens is 398 g/mol. The molecule has 166 valence electrons. The van der Waals surface area contributed by atoms with E-state index in [0.717, 1.165) is 23.4 Å². The van der Waals surface area contributed by atoms with Crippen molar-refractivity contribution in [2.45, 2.75) is 52.5 Å². The lowest BCUT2D eigenvalue weighted by molar-refractivity contribution is -0.135. The molecule has 1 saturated heterocycles. The first-order chi connectivity index (χ1) is 14.8. The van der Waals surface area contributed by atoms with Crippen molar-refractivity contribution in [1.82, 2.24) is 25.2 Å². The molecule has 0 bridgehead atoms. The van der Waals surface area contributed by atoms with Gasteiger partial charge < -0.3 is 19.7 Å². The average Bonchev–Trinajstić information content (AvgIpc) is 3.34. The summed E-state index contributed by atoms with van der Waals surface area (Å²) in [6, 6.07) is 7.66. The molecule has 9 heteroatoms. The van der Waals surface area contributed by atoms with Crippen LogP contribution in [0, 0.1) is 12.8 Å². The van der Waals surface area contributed by atoms with Crippen LogP contribution in [-0.2, 0) is 34.0 Å². The van der Waals surface area contributed by atoms with Crippen LogP contribution in [0.2, 0.25) is 0 Å². The summed E-state index contributed by atoms with van der Waals surface area (Å²) in [4.78, 5) is 26.3. The van der Waals surface area contributed by atoms with Crippen molar-refractivity contribution in [1.29, 1.82) is 0 Å². The van der Waals surface area contributed by atoms with Crippen LogP contribution in [-0.4, -0.2) is 57.0 Å². The molecule has 0 radical (unpaired) electrons. The highest BCUT2D eigenvalue weighted by Gasteiger charge is 2.44. The Balaban J connectivity index is 1.33. The third-order valence-corrected chi connectivity index (χ3v) is 5.85. The lowest BCUT2D eigenvalue weighted by Gasteiger charge is -2.33. The van der Waals surface area contributed by atoms with Crippen molar-refractivity contribution in [3.8, 4) is 5.75 Å². The molecule has 0 aliphatic carbocycles. The minimum atomic E-state index is -0.460. The van der Waals surface area contributed by atoms with Crippen LogP contribution in [0.15, 0.2) is 24.3 Å². The summed E-state index contributed by atoms with van der Waals surface area (Å²) in [5.41, 5.74) is 2.23. The van der Waals surface area contributed by atoms with Gasteiger partial charge in [0.1, 0.15) is 17.0 Å². The zero-order valence-electron chi connectivity index (χ0n) is 18.3. The molecule has 31 heavy (non-hydrogen) atoms. The molecule has 2 aliphatic heterocycles. The molecule has 1 unspecified atom stereocenters. The van der Waals surface area contributed by atoms with E-state index in [9.17, 15) is 9.59 Å². The zero-order valence-corrected chi connectivity index (χ0v) is 18.3. The molecule has 9 nitrogen and oxygen atoms in total. The second-order valence-corrected chi connectivity index (χ2v) is 8.66. The van der Waals surface area contributed by atoms with Gasteiger partial charge in [-0.15, -0.1) is 5.10 Å². The monoisotopic (exact) mass is 427 g/mol. The lowest BCUT2D eigenvalue weighted by atomic mass is 10.0. The molecule has 1 N–H and O–H groups in total. The van der Waals surface area contributed by atoms with Crippen LogP contribution in [0.1, 0.15) is 37.2 Å². The molecule has 4 rings (SSSR count). The van der Waals surface area contributed by atoms with Gasteiger partial charge in [-0.1, -0.05) is 31.2 Å². The number of aryl methyl sites for hydroxylation is 1. The van der Waals surface area contributed by atoms with Crippen molar-refractivity contribution < 1.29 is 19.1 Å². The van der Waals surface area contributed by atoms with Gasteiger partial charge in [0, 0.05) is 12.5 Å². The molecule has 2 amide bonds. The second kappa shape index (κ2) is 8.66. The first-order valence-electron chi connectivity index (χ1n) is 10.7. The minimum absolute atomic E-state index is 0.00774. The van der Waals surface area contributed by atoms with Gasteiger partial charge in [-0.2, -0.15) is 0 Å². The van der Waals surface area contributed by atoms with Crippen molar-refractivity contribution in [2.24, 2.45) is 5.92 Å². The summed E-state index contributed by atoms with van der Waals surface area (Å²) in [5.74, 6) is 0.541. The molecule has 2 aliphatic rings. The van der Waals surface area contributed by atoms with Crippen LogP contribution in [0.5, 0.6) is 5.75 Å². The van der Waals surface area contributed by atoms with Gasteiger partial charge in [0.2, 0.25) is 5.91 Å². The van der Waals surface area contributed by atoms with E-state index >= 15 is 0 Å². The Morgan fingerprint density at radius 1 is 1.32 bits per heavy atom. The first-order valence-corrected chi connectivity index (χ1v) is 10.7. The fraction of sp³-hybridized carbons (Fsp3) is 0.545. The number of nitrogens with one attached hydrogen (secondary N) is 1. The number of ether oxygens (including phenoxy) is 2. The molecule has 1 fully saturated rings. The fourth-order valence-corrected chi connectivity index (χ4v) is 3.95. The predicted molar refractivity (Wildman–Crippen MR) is 112 cm³/mol. The van der Waals surface area contributed by atoms with Crippen LogP contribution in [0.25, 0.3) is 0 Å². The Bertz CT molecular complexity index is 973. The maximum Gasteiger partial charge on any atom is 0.260 e. The Labute approximate surface area is 181 Å². The standard InChI is InChI=1S/C22H29N5O4/c1-15(2)21(29)23-10-18-19-11-31-22(14-27(19)25-24-18)7-8-26(13-22)20(28)12-30-17-6-4-5-16(3)9-17/h4-6,9,15H,7-8,10-14H2,1-3H3,(H,23,29). The maximum atomic E-state index is 12.7. The number of amides is 2. The van der Waals surface area contributed by atoms with Crippen LogP contribution >= 0.6 is 0 Å². The van der Waals surface area contributed by atoms with Gasteiger partial charge in [0.05, 0.1) is 31.9 Å². The number of aromatic nitrogens is 3. The third kappa shape index (κ3) is 4.71. The van der Waals surface area contributed by atoms with Gasteiger partial charge in [0.25, 0.3) is 5.91 Å². The van der Waals surface area contributed by atoms with E-state index < -0.39 is 5.60 Å². The Morgan fingerprint density at radius 2 is 2.16 bits per heavy atom. The lowest BCUT2D eigenvalue weighted by Crippen LogP contribution is -2.46. The van der Waals surface area contributed by atoms with Crippen LogP contribution in [0.4, 0.5) is 0 Å². The van der Waals surface area contributed by atoms with E-state index in [1.54, 1.807) is 4.90 Å². The topological polar surface area (TPSA) is 98.6 Å². The molecule has 1 aromatic heterocycles. The van der Waals surface area contributed by atoms with E-state index in [2.05, 4.69) is 15.6 Å². The number of fused-ring (bicyclic) bond motifs is 1. The summed E-state index contributed by atoms with van der Waals surface area (Å²) in [7, 11) is 0. The molecule has 1 aromatic carbocycles. The molecule has 3 heterocycles. The number of benzene rings is 1. The number of hydrogen-bond acceptors (Lipinski definition) is 6. The van der Waals surface area contributed by atoms with E-state index in [1.165, 1.54) is 0 Å². The van der Waals surface area contributed by atoms with Crippen molar-refractivity contribution in [2.75, 3.05) is 19.7 Å². The smallest absolute Gasteiger partial charge is 0.260 e. The largest absolute Gasteiger partial charge is 0.484 e. The number of nitrogens with zero attached hydrogens (tertiary/aromatic N) is 4. The molecular formula is C22H29N5O4. The number of rotatable bonds is 6. The van der Waals surface area contributed by atoms with Gasteiger partial charge in [0.15, 0.2) is 6.61 Å². The van der Waals surface area contributed by atoms with E-state index in [0.29, 0.717) is 38.5 Å². The summed E-state index contributed by atoms with van der Waals surface area (Å²) in [5, 5.41) is 11.4. The Kier molecular flexibility index (Phi) is 5.95. The Hall–Kier alpha value is -2.94. The predicted octanol–water partition coefficient (Wildman–Crippen LogP) is 1.44. The first kappa shape index (κ1) is 21.3. The summed E-state index contributed by atoms with van der Waals surface area (Å²) < 4.78 is 13.7. The fourth-order valence-electron chi connectivity index (χ4n) is 3.95. The molecule has 0 saturated carbocycles. The number of carbonyl (C=O) groups excluding carboxylic acids is 2. The van der Waals surface area contributed by atoms with Crippen molar-refractivity contribution in [3.63, 3.8) is 0 Å². The third-order valence-electron chi connectivity index (χ3n) is 5.85. The van der Waals surface area contributed by atoms with Gasteiger partial charge in [-0.05, 0) is 31.0 Å². The highest BCUT2D eigenvalue weighted by atomic mass is 16.5. The average molecular weight is 428 g/mol. The Morgan fingerprint density at radius 3 is 2.94 bits per heavy atom. The number of hydrogen-bond donors (Lipinski definition) is 1. The van der Waals surface area contributed by atoms with E-state index in [4.69, 9.17) is 9.47 Å². The number of carbonyl (C=O) groups is 2. The molecule has 1 spiro atoms. The maximum absolute atomic E-state index is 12.7. The highest BCUT2D eigenvalue weighted by molar-refractivity contribution is 5.78. The number of likely N-dealkylation sites (tertiary alicyclic amines) is 1. The van der Waals surface area contributed by atoms with Gasteiger partial charge in [-0.25, -0.2) is 4.68 Å². The van der Waals surface area contributed by atoms with Gasteiger partial charge in [-0.3, -0.25) is 9.59 Å². The summed E-state index contributed by atoms with van der Waals surface area (Å²) >= 11 is 0. The summed E-state index contributed by atoms with van der Waals surface area (Å²) in [6.45, 7) is 8.06. The minimum Gasteiger partial charge on any atom is -0.484 e. The van der Waals surface area contributed by atoms with Crippen molar-refractivity contribution in [3.05, 3.63) is 41.2 Å². The summed E-state index contributed by atoms with van der Waals surface area (Å²) in [6.07, 6.45) is 0.738. The molecule has 1 atom stereocenters. The van der Waals surface area contributed by atoms with Crippen LogP contribution in [0.3, 0.4) is 0 Å². The van der Waals surface area contributed by atoms with E-state index in [-0.39, 0.29) is 24.3 Å². The second-order valence-electron chi connectivity index (χ2n) is 8.66. The SMILES string of the molecule is Cc1cccc(OCC(=O)N2CCC3(C2)Cn2nnc(CNC(=O)C(C)C)c2CO3)c1. The normalized spacial score (nSPS) is 20.2. The quantitative estimate of drug-likeness (QED) is 0.749. The highest BCUT2D eigenvalue weighted by Crippen LogP contribution is 2.32. The zero-order chi connectivity index (χ0) is 22.0.